The summed E-state index contributed by atoms with van der Waals surface area (Å²) in [6.45, 7) is 0.708. The number of para-hydroxylation sites is 1. The highest BCUT2D eigenvalue weighted by Gasteiger charge is 2.52. The number of sulfone groups is 1. The van der Waals surface area contributed by atoms with Crippen LogP contribution in [0.1, 0.15) is 18.4 Å². The number of anilines is 2. The van der Waals surface area contributed by atoms with Gasteiger partial charge in [0, 0.05) is 29.6 Å². The fourth-order valence-corrected chi connectivity index (χ4v) is 4.00. The average molecular weight is 342 g/mol. The molecule has 1 aliphatic heterocycles. The van der Waals surface area contributed by atoms with Gasteiger partial charge in [0.1, 0.15) is 0 Å². The molecular formula is C18H18N2O3S. The topological polar surface area (TPSA) is 66.5 Å². The number of fused-ring (bicyclic) bond motifs is 2. The van der Waals surface area contributed by atoms with E-state index in [1.807, 2.05) is 18.2 Å². The number of hydrogen-bond donors (Lipinski definition) is 1. The smallest absolute Gasteiger partial charge is 0.308 e. The third-order valence-corrected chi connectivity index (χ3v) is 5.99. The molecule has 2 aromatic carbocycles. The molecule has 1 spiro atoms. The van der Waals surface area contributed by atoms with E-state index in [9.17, 15) is 13.2 Å². The Hall–Kier alpha value is -2.34. The van der Waals surface area contributed by atoms with Gasteiger partial charge in [-0.2, -0.15) is 0 Å². The maximum atomic E-state index is 12.7. The molecule has 0 unspecified atom stereocenters. The van der Waals surface area contributed by atoms with Gasteiger partial charge in [-0.1, -0.05) is 18.2 Å². The van der Waals surface area contributed by atoms with Gasteiger partial charge in [-0.3, -0.25) is 4.90 Å². The number of nitrogens with one attached hydrogen (secondary N) is 1. The van der Waals surface area contributed by atoms with E-state index in [1.54, 1.807) is 17.0 Å². The number of urea groups is 1. The molecular weight excluding hydrogens is 324 g/mol. The third-order valence-electron chi connectivity index (χ3n) is 4.86. The van der Waals surface area contributed by atoms with E-state index in [-0.39, 0.29) is 16.3 Å². The van der Waals surface area contributed by atoms with Crippen molar-refractivity contribution in [3.63, 3.8) is 0 Å². The van der Waals surface area contributed by atoms with Gasteiger partial charge in [0.25, 0.3) is 0 Å². The molecule has 1 aliphatic carbocycles. The largest absolute Gasteiger partial charge is 0.326 e. The highest BCUT2D eigenvalue weighted by Crippen LogP contribution is 2.56. The third kappa shape index (κ3) is 2.47. The van der Waals surface area contributed by atoms with Gasteiger partial charge < -0.3 is 5.32 Å². The summed E-state index contributed by atoms with van der Waals surface area (Å²) in [5, 5.41) is 2.86. The Morgan fingerprint density at radius 2 is 1.75 bits per heavy atom. The number of amides is 2. The minimum atomic E-state index is -3.23. The molecule has 0 atom stereocenters. The zero-order valence-corrected chi connectivity index (χ0v) is 14.1. The van der Waals surface area contributed by atoms with Gasteiger partial charge in [-0.05, 0) is 48.7 Å². The molecule has 1 N–H and O–H groups in total. The maximum absolute atomic E-state index is 12.7. The van der Waals surface area contributed by atoms with Crippen molar-refractivity contribution in [2.24, 2.45) is 0 Å². The molecule has 1 fully saturated rings. The van der Waals surface area contributed by atoms with Crippen molar-refractivity contribution >= 4 is 27.2 Å². The minimum Gasteiger partial charge on any atom is -0.308 e. The summed E-state index contributed by atoms with van der Waals surface area (Å²) < 4.78 is 23.0. The van der Waals surface area contributed by atoms with Gasteiger partial charge in [-0.25, -0.2) is 13.2 Å². The average Bonchev–Trinajstić information content (AvgIpc) is 3.25. The number of nitrogens with zero attached hydrogens (tertiary/aromatic N) is 1. The van der Waals surface area contributed by atoms with E-state index in [4.69, 9.17) is 0 Å². The molecule has 6 heteroatoms. The normalized spacial score (nSPS) is 17.6. The quantitative estimate of drug-likeness (QED) is 0.911. The number of carbonyl (C=O) groups excluding carboxylic acids is 1. The van der Waals surface area contributed by atoms with Crippen molar-refractivity contribution in [3.8, 4) is 0 Å². The fourth-order valence-electron chi connectivity index (χ4n) is 3.37. The second kappa shape index (κ2) is 5.08. The second-order valence-corrected chi connectivity index (χ2v) is 8.63. The monoisotopic (exact) mass is 342 g/mol. The van der Waals surface area contributed by atoms with Gasteiger partial charge >= 0.3 is 6.03 Å². The number of rotatable bonds is 2. The molecule has 0 bridgehead atoms. The van der Waals surface area contributed by atoms with E-state index < -0.39 is 9.84 Å². The van der Waals surface area contributed by atoms with Gasteiger partial charge in [0.2, 0.25) is 0 Å². The van der Waals surface area contributed by atoms with Crippen LogP contribution in [0.3, 0.4) is 0 Å². The summed E-state index contributed by atoms with van der Waals surface area (Å²) in [7, 11) is -3.23. The zero-order chi connectivity index (χ0) is 16.9. The molecule has 24 heavy (non-hydrogen) atoms. The molecule has 4 rings (SSSR count). The Kier molecular flexibility index (Phi) is 3.22. The van der Waals surface area contributed by atoms with Crippen molar-refractivity contribution < 1.29 is 13.2 Å². The summed E-state index contributed by atoms with van der Waals surface area (Å²) in [5.41, 5.74) is 2.96. The highest BCUT2D eigenvalue weighted by atomic mass is 32.2. The van der Waals surface area contributed by atoms with Crippen molar-refractivity contribution in [2.75, 3.05) is 23.0 Å². The van der Waals surface area contributed by atoms with Gasteiger partial charge in [0.05, 0.1) is 4.90 Å². The van der Waals surface area contributed by atoms with Crippen LogP contribution in [0.5, 0.6) is 0 Å². The first-order chi connectivity index (χ1) is 11.4. The zero-order valence-electron chi connectivity index (χ0n) is 13.3. The summed E-state index contributed by atoms with van der Waals surface area (Å²) >= 11 is 0. The Bertz CT molecular complexity index is 916. The van der Waals surface area contributed by atoms with Crippen LogP contribution in [-0.2, 0) is 15.3 Å². The first-order valence-electron chi connectivity index (χ1n) is 7.87. The van der Waals surface area contributed by atoms with Crippen LogP contribution in [0.15, 0.2) is 53.4 Å². The van der Waals surface area contributed by atoms with E-state index in [0.29, 0.717) is 12.2 Å². The van der Waals surface area contributed by atoms with Crippen molar-refractivity contribution in [2.45, 2.75) is 23.2 Å². The predicted octanol–water partition coefficient (Wildman–Crippen LogP) is 3.17. The maximum Gasteiger partial charge on any atom is 0.326 e. The van der Waals surface area contributed by atoms with Crippen LogP contribution in [-0.4, -0.2) is 27.2 Å². The summed E-state index contributed by atoms with van der Waals surface area (Å²) in [6.07, 6.45) is 3.41. The van der Waals surface area contributed by atoms with Crippen LogP contribution in [0, 0.1) is 0 Å². The van der Waals surface area contributed by atoms with E-state index in [2.05, 4.69) is 11.4 Å². The number of benzene rings is 2. The Morgan fingerprint density at radius 1 is 1.08 bits per heavy atom. The van der Waals surface area contributed by atoms with Crippen LogP contribution >= 0.6 is 0 Å². The standard InChI is InChI=1S/C18H18N2O3S/c1-24(22,23)14-8-6-13(7-9-14)19-17(21)20-12-18(10-11-18)15-4-2-3-5-16(15)20/h2-9H,10-12H2,1H3,(H,19,21). The van der Waals surface area contributed by atoms with E-state index >= 15 is 0 Å². The first-order valence-corrected chi connectivity index (χ1v) is 9.76. The molecule has 0 saturated heterocycles. The van der Waals surface area contributed by atoms with Crippen molar-refractivity contribution in [1.29, 1.82) is 0 Å². The first kappa shape index (κ1) is 15.2. The molecule has 2 aromatic rings. The molecule has 1 heterocycles. The lowest BCUT2D eigenvalue weighted by molar-refractivity contribution is 0.257. The van der Waals surface area contributed by atoms with Crippen LogP contribution in [0.25, 0.3) is 0 Å². The van der Waals surface area contributed by atoms with E-state index in [0.717, 1.165) is 24.8 Å². The molecule has 2 aliphatic rings. The van der Waals surface area contributed by atoms with Crippen LogP contribution in [0.4, 0.5) is 16.2 Å². The predicted molar refractivity (Wildman–Crippen MR) is 93.3 cm³/mol. The van der Waals surface area contributed by atoms with Crippen molar-refractivity contribution in [3.05, 3.63) is 54.1 Å². The fraction of sp³-hybridized carbons (Fsp3) is 0.278. The highest BCUT2D eigenvalue weighted by molar-refractivity contribution is 7.90. The SMILES string of the molecule is CS(=O)(=O)c1ccc(NC(=O)N2CC3(CC3)c3ccccc32)cc1. The minimum absolute atomic E-state index is 0.147. The number of hydrogen-bond acceptors (Lipinski definition) is 3. The van der Waals surface area contributed by atoms with E-state index in [1.165, 1.54) is 17.7 Å². The Morgan fingerprint density at radius 3 is 2.38 bits per heavy atom. The summed E-state index contributed by atoms with van der Waals surface area (Å²) in [5.74, 6) is 0. The summed E-state index contributed by atoms with van der Waals surface area (Å²) in [6, 6.07) is 14.1. The Balaban J connectivity index is 1.55. The second-order valence-electron chi connectivity index (χ2n) is 6.61. The van der Waals surface area contributed by atoms with Gasteiger partial charge in [-0.15, -0.1) is 0 Å². The molecule has 124 valence electrons. The molecule has 0 aromatic heterocycles. The Labute approximate surface area is 141 Å². The lowest BCUT2D eigenvalue weighted by atomic mass is 9.99. The van der Waals surface area contributed by atoms with Crippen LogP contribution < -0.4 is 10.2 Å². The molecule has 2 amide bonds. The lowest BCUT2D eigenvalue weighted by Crippen LogP contribution is -2.35. The van der Waals surface area contributed by atoms with Gasteiger partial charge in [0.15, 0.2) is 9.84 Å². The molecule has 0 radical (unpaired) electrons. The van der Waals surface area contributed by atoms with Crippen molar-refractivity contribution in [1.82, 2.24) is 0 Å². The molecule has 5 nitrogen and oxygen atoms in total. The van der Waals surface area contributed by atoms with Crippen LogP contribution in [0.2, 0.25) is 0 Å². The lowest BCUT2D eigenvalue weighted by Gasteiger charge is -2.18. The molecule has 1 saturated carbocycles. The summed E-state index contributed by atoms with van der Waals surface area (Å²) in [4.78, 5) is 14.7. The number of carbonyl (C=O) groups is 1.